The number of ether oxygens (including phenoxy) is 4. The van der Waals surface area contributed by atoms with Crippen LogP contribution in [0.5, 0.6) is 11.5 Å². The number of aliphatic hydroxyl groups excluding tert-OH is 1. The van der Waals surface area contributed by atoms with Gasteiger partial charge >= 0.3 is 11.9 Å². The Morgan fingerprint density at radius 1 is 1.04 bits per heavy atom. The van der Waals surface area contributed by atoms with Crippen molar-refractivity contribution in [3.8, 4) is 11.5 Å². The first-order chi connectivity index (χ1) is 22.1. The summed E-state index contributed by atoms with van der Waals surface area (Å²) in [4.78, 5) is 25.7. The zero-order valence-electron chi connectivity index (χ0n) is 29.3. The molecule has 3 unspecified atom stereocenters. The van der Waals surface area contributed by atoms with Crippen LogP contribution < -0.4 is 9.47 Å². The third-order valence-electron chi connectivity index (χ3n) is 8.76. The van der Waals surface area contributed by atoms with Crippen LogP contribution in [-0.4, -0.2) is 62.9 Å². The van der Waals surface area contributed by atoms with E-state index in [-0.39, 0.29) is 47.2 Å². The predicted octanol–water partition coefficient (Wildman–Crippen LogP) is 8.34. The lowest BCUT2D eigenvalue weighted by molar-refractivity contribution is 0.0217. The number of hydrogen-bond acceptors (Lipinski definition) is 7. The largest absolute Gasteiger partial charge is 0.494 e. The van der Waals surface area contributed by atoms with Gasteiger partial charge in [-0.3, -0.25) is 0 Å². The standard InChI is InChI=1S/C38H54O8Si/c1-26(27(2)39)17-18-33(46-37(42)28-13-10-9-11-14-28)32-24-38(3,4)23-30(32)16-12-15-29-21-31(44-19-20-47(6,7)8)22-34(45-25-43-5)35(29)36(40)41/h9-15,17-18,21-22,26-27,30,32-33,39H,16,19-20,23-25H2,1-8H3,(H,40,41)/b15-12+,18-17-/t26-,27+,30?,32?,33?/m1/s1. The van der Waals surface area contributed by atoms with Gasteiger partial charge < -0.3 is 29.2 Å². The van der Waals surface area contributed by atoms with Crippen LogP contribution in [0.1, 0.15) is 73.2 Å². The van der Waals surface area contributed by atoms with Crippen LogP contribution in [0.25, 0.3) is 6.08 Å². The van der Waals surface area contributed by atoms with Crippen LogP contribution in [0.2, 0.25) is 25.7 Å². The number of allylic oxidation sites excluding steroid dienone is 1. The van der Waals surface area contributed by atoms with Gasteiger partial charge in [0, 0.05) is 27.2 Å². The number of aromatic carboxylic acids is 1. The van der Waals surface area contributed by atoms with Gasteiger partial charge in [0.2, 0.25) is 0 Å². The van der Waals surface area contributed by atoms with E-state index in [2.05, 4.69) is 33.5 Å². The summed E-state index contributed by atoms with van der Waals surface area (Å²) in [5.41, 5.74) is 1.04. The third-order valence-corrected chi connectivity index (χ3v) is 10.5. The van der Waals surface area contributed by atoms with Gasteiger partial charge in [0.05, 0.1) is 18.3 Å². The average molecular weight is 667 g/mol. The number of carboxylic acids is 1. The number of carbonyl (C=O) groups excluding carboxylic acids is 1. The number of hydrogen-bond donors (Lipinski definition) is 2. The number of benzene rings is 2. The van der Waals surface area contributed by atoms with Crippen LogP contribution in [0, 0.1) is 23.2 Å². The lowest BCUT2D eigenvalue weighted by Gasteiger charge is -2.27. The monoisotopic (exact) mass is 666 g/mol. The van der Waals surface area contributed by atoms with Crippen molar-refractivity contribution in [3.05, 3.63) is 77.4 Å². The summed E-state index contributed by atoms with van der Waals surface area (Å²) in [6, 6.07) is 13.3. The van der Waals surface area contributed by atoms with Crippen molar-refractivity contribution in [1.82, 2.24) is 0 Å². The van der Waals surface area contributed by atoms with Crippen LogP contribution in [-0.2, 0) is 9.47 Å². The Hall–Kier alpha value is -3.40. The molecule has 1 fully saturated rings. The lowest BCUT2D eigenvalue weighted by atomic mass is 9.86. The second-order valence-corrected chi connectivity index (χ2v) is 20.4. The molecule has 2 aromatic carbocycles. The first-order valence-corrected chi connectivity index (χ1v) is 20.3. The fraction of sp³-hybridized carbons (Fsp3) is 0.526. The molecule has 0 saturated heterocycles. The van der Waals surface area contributed by atoms with Crippen molar-refractivity contribution in [2.75, 3.05) is 20.5 Å². The molecule has 5 atom stereocenters. The minimum Gasteiger partial charge on any atom is -0.494 e. The molecule has 0 aromatic heterocycles. The van der Waals surface area contributed by atoms with Gasteiger partial charge in [-0.05, 0) is 79.3 Å². The first kappa shape index (κ1) is 38.0. The van der Waals surface area contributed by atoms with Crippen LogP contribution in [0.3, 0.4) is 0 Å². The van der Waals surface area contributed by atoms with E-state index < -0.39 is 26.3 Å². The van der Waals surface area contributed by atoms with Gasteiger partial charge in [0.1, 0.15) is 23.2 Å². The van der Waals surface area contributed by atoms with E-state index in [4.69, 9.17) is 18.9 Å². The maximum absolute atomic E-state index is 13.2. The Morgan fingerprint density at radius 2 is 1.74 bits per heavy atom. The normalized spacial score (nSPS) is 19.9. The fourth-order valence-corrected chi connectivity index (χ4v) is 6.72. The van der Waals surface area contributed by atoms with E-state index in [1.807, 2.05) is 49.4 Å². The molecule has 0 radical (unpaired) electrons. The van der Waals surface area contributed by atoms with Crippen molar-refractivity contribution in [3.63, 3.8) is 0 Å². The van der Waals surface area contributed by atoms with Gasteiger partial charge in [-0.1, -0.05) is 76.8 Å². The average Bonchev–Trinajstić information content (AvgIpc) is 3.31. The SMILES string of the molecule is COCOc1cc(OCC[Si](C)(C)C)cc(/C=C/CC2CC(C)(C)CC2C(/C=C\[C@@H](C)[C@H](C)O)OC(=O)c2ccccc2)c1C(=O)O. The lowest BCUT2D eigenvalue weighted by Crippen LogP contribution is -2.28. The van der Waals surface area contributed by atoms with E-state index >= 15 is 0 Å². The van der Waals surface area contributed by atoms with Crippen LogP contribution >= 0.6 is 0 Å². The molecule has 47 heavy (non-hydrogen) atoms. The molecule has 3 rings (SSSR count). The molecule has 1 aliphatic rings. The number of rotatable bonds is 17. The molecule has 1 saturated carbocycles. The van der Waals surface area contributed by atoms with Gasteiger partial charge in [0.15, 0.2) is 6.79 Å². The summed E-state index contributed by atoms with van der Waals surface area (Å²) in [5, 5.41) is 20.3. The van der Waals surface area contributed by atoms with Crippen molar-refractivity contribution in [2.24, 2.45) is 23.2 Å². The molecule has 0 bridgehead atoms. The van der Waals surface area contributed by atoms with Crippen molar-refractivity contribution in [2.45, 2.75) is 84.9 Å². The summed E-state index contributed by atoms with van der Waals surface area (Å²) in [6.07, 6.45) is 9.09. The summed E-state index contributed by atoms with van der Waals surface area (Å²) in [5.74, 6) is -0.673. The zero-order valence-corrected chi connectivity index (χ0v) is 30.3. The van der Waals surface area contributed by atoms with E-state index in [1.165, 1.54) is 7.11 Å². The molecule has 2 N–H and O–H groups in total. The second kappa shape index (κ2) is 17.1. The number of esters is 1. The van der Waals surface area contributed by atoms with Gasteiger partial charge in [-0.15, -0.1) is 0 Å². The Morgan fingerprint density at radius 3 is 2.36 bits per heavy atom. The fourth-order valence-electron chi connectivity index (χ4n) is 6.01. The number of carboxylic acid groups (broad SMARTS) is 1. The van der Waals surface area contributed by atoms with E-state index in [0.717, 1.165) is 18.9 Å². The van der Waals surface area contributed by atoms with E-state index in [1.54, 1.807) is 31.2 Å². The summed E-state index contributed by atoms with van der Waals surface area (Å²) in [6.45, 7) is 15.4. The molecule has 1 aliphatic carbocycles. The highest BCUT2D eigenvalue weighted by atomic mass is 28.3. The number of carbonyl (C=O) groups is 2. The predicted molar refractivity (Wildman–Crippen MR) is 189 cm³/mol. The summed E-state index contributed by atoms with van der Waals surface area (Å²) in [7, 11) is 0.153. The van der Waals surface area contributed by atoms with Gasteiger partial charge in [0.25, 0.3) is 0 Å². The number of aliphatic hydroxyl groups is 1. The molecular weight excluding hydrogens is 612 g/mol. The van der Waals surface area contributed by atoms with E-state index in [0.29, 0.717) is 29.9 Å². The first-order valence-electron chi connectivity index (χ1n) is 16.5. The number of methoxy groups -OCH3 is 1. The quantitative estimate of drug-likeness (QED) is 0.0750. The topological polar surface area (TPSA) is 112 Å². The second-order valence-electron chi connectivity index (χ2n) is 14.8. The Bertz CT molecular complexity index is 1380. The van der Waals surface area contributed by atoms with E-state index in [9.17, 15) is 19.8 Å². The smallest absolute Gasteiger partial charge is 0.340 e. The third kappa shape index (κ3) is 12.0. The molecule has 0 spiro atoms. The van der Waals surface area contributed by atoms with Crippen molar-refractivity contribution < 1.29 is 38.7 Å². The summed E-state index contributed by atoms with van der Waals surface area (Å²) >= 11 is 0. The van der Waals surface area contributed by atoms with Crippen LogP contribution in [0.4, 0.5) is 0 Å². The van der Waals surface area contributed by atoms with Gasteiger partial charge in [-0.2, -0.15) is 0 Å². The highest BCUT2D eigenvalue weighted by molar-refractivity contribution is 6.76. The molecule has 8 nitrogen and oxygen atoms in total. The molecule has 0 heterocycles. The maximum Gasteiger partial charge on any atom is 0.340 e. The Kier molecular flexibility index (Phi) is 13.9. The van der Waals surface area contributed by atoms with Gasteiger partial charge in [-0.25, -0.2) is 9.59 Å². The maximum atomic E-state index is 13.2. The van der Waals surface area contributed by atoms with Crippen molar-refractivity contribution in [1.29, 1.82) is 0 Å². The molecule has 258 valence electrons. The highest BCUT2D eigenvalue weighted by Crippen LogP contribution is 2.49. The summed E-state index contributed by atoms with van der Waals surface area (Å²) < 4.78 is 23.0. The van der Waals surface area contributed by atoms with Crippen LogP contribution in [0.15, 0.2) is 60.7 Å². The highest BCUT2D eigenvalue weighted by Gasteiger charge is 2.43. The molecular formula is C38H54O8Si. The molecule has 9 heteroatoms. The Labute approximate surface area is 281 Å². The molecule has 0 aliphatic heterocycles. The molecule has 0 amide bonds. The Balaban J connectivity index is 1.93. The zero-order chi connectivity index (χ0) is 34.8. The minimum atomic E-state index is -1.33. The van der Waals surface area contributed by atoms with Crippen molar-refractivity contribution >= 4 is 26.1 Å². The molecule has 2 aromatic rings. The minimum absolute atomic E-state index is 0.0157.